The Hall–Kier alpha value is -3.11. The highest BCUT2D eigenvalue weighted by Crippen LogP contribution is 2.40. The van der Waals surface area contributed by atoms with Crippen LogP contribution in [0.4, 0.5) is 0 Å². The van der Waals surface area contributed by atoms with Gasteiger partial charge in [0, 0.05) is 24.3 Å². The van der Waals surface area contributed by atoms with E-state index >= 15 is 0 Å². The van der Waals surface area contributed by atoms with E-state index in [2.05, 4.69) is 63.4 Å². The number of carbonyl (C=O) groups excluding carboxylic acids is 2. The number of piperazine rings is 1. The molecule has 2 aromatic rings. The van der Waals surface area contributed by atoms with E-state index < -0.39 is 11.6 Å². The van der Waals surface area contributed by atoms with E-state index in [9.17, 15) is 9.59 Å². The van der Waals surface area contributed by atoms with Gasteiger partial charge in [0.25, 0.3) is 0 Å². The molecule has 2 atom stereocenters. The standard InChI is InChI=1S/C31H41N5O2/c1-4-5-18-36-29(37)26(21-24-12-8-6-9-13-24)32-30(38)31(36)16-19-35(20-17-31)28(25-14-10-7-11-15-25)27-22(2)33-34-23(27)3/h7,10-11,14-15,24,26,28H,6,8-9,12-13,16-21H2,1-3H3,(H,32,38)(H,33,34)/t26-,28?/m1/s1. The number of carbonyl (C=O) groups is 2. The van der Waals surface area contributed by atoms with Gasteiger partial charge in [-0.25, -0.2) is 0 Å². The largest absolute Gasteiger partial charge is 0.342 e. The van der Waals surface area contributed by atoms with Gasteiger partial charge in [0.05, 0.1) is 18.3 Å². The van der Waals surface area contributed by atoms with E-state index in [0.29, 0.717) is 38.4 Å². The summed E-state index contributed by atoms with van der Waals surface area (Å²) in [4.78, 5) is 32.0. The maximum Gasteiger partial charge on any atom is 0.246 e. The molecule has 1 saturated carbocycles. The normalized spacial score (nSPS) is 23.1. The summed E-state index contributed by atoms with van der Waals surface area (Å²) in [7, 11) is 0. The van der Waals surface area contributed by atoms with Crippen molar-refractivity contribution >= 4 is 11.8 Å². The number of likely N-dealkylation sites (tertiary alicyclic amines) is 1. The van der Waals surface area contributed by atoms with Gasteiger partial charge in [0.15, 0.2) is 0 Å². The molecule has 2 aliphatic heterocycles. The van der Waals surface area contributed by atoms with Crippen molar-refractivity contribution < 1.29 is 9.59 Å². The van der Waals surface area contributed by atoms with Gasteiger partial charge in [0.2, 0.25) is 11.8 Å². The third-order valence-corrected chi connectivity index (χ3v) is 9.08. The van der Waals surface area contributed by atoms with E-state index in [0.717, 1.165) is 30.7 Å². The van der Waals surface area contributed by atoms with E-state index in [1.54, 1.807) is 6.92 Å². The molecule has 2 saturated heterocycles. The van der Waals surface area contributed by atoms with Crippen LogP contribution in [0.15, 0.2) is 30.3 Å². The molecular formula is C31H41N5O2. The average molecular weight is 516 g/mol. The second kappa shape index (κ2) is 11.3. The highest BCUT2D eigenvalue weighted by atomic mass is 16.2. The first kappa shape index (κ1) is 26.5. The number of aryl methyl sites for hydroxylation is 2. The minimum absolute atomic E-state index is 0.00222. The first-order chi connectivity index (χ1) is 18.4. The predicted molar refractivity (Wildman–Crippen MR) is 148 cm³/mol. The third kappa shape index (κ3) is 4.99. The fourth-order valence-corrected chi connectivity index (χ4v) is 6.99. The van der Waals surface area contributed by atoms with Gasteiger partial charge in [-0.2, -0.15) is 5.10 Å². The van der Waals surface area contributed by atoms with E-state index in [4.69, 9.17) is 0 Å². The van der Waals surface area contributed by atoms with Gasteiger partial charge in [-0.1, -0.05) is 68.4 Å². The quantitative estimate of drug-likeness (QED) is 0.563. The molecule has 1 aromatic carbocycles. The number of nitrogens with zero attached hydrogens (tertiary/aromatic N) is 3. The highest BCUT2D eigenvalue weighted by molar-refractivity contribution is 6.00. The molecule has 38 heavy (non-hydrogen) atoms. The molecule has 5 rings (SSSR count). The molecule has 0 bridgehead atoms. The topological polar surface area (TPSA) is 81.3 Å². The lowest BCUT2D eigenvalue weighted by molar-refractivity contribution is -0.161. The Labute approximate surface area is 226 Å². The average Bonchev–Trinajstić information content (AvgIpc) is 3.27. The Bertz CT molecular complexity index is 1180. The zero-order chi connectivity index (χ0) is 26.7. The molecule has 2 amide bonds. The lowest BCUT2D eigenvalue weighted by Gasteiger charge is -2.52. The molecule has 1 spiro atoms. The molecule has 7 nitrogen and oxygen atoms in total. The summed E-state index contributed by atoms with van der Waals surface area (Å²) < 4.78 is 0. The van der Waals surface area contributed by atoms with Gasteiger partial charge in [-0.3, -0.25) is 19.6 Å². The molecular weight excluding hydrogens is 474 g/mol. The second-order valence-electron chi connectivity index (χ2n) is 11.3. The van der Waals surface area contributed by atoms with Gasteiger partial charge < -0.3 is 10.2 Å². The molecule has 1 aliphatic carbocycles. The number of aromatic nitrogens is 2. The van der Waals surface area contributed by atoms with Gasteiger partial charge in [-0.15, -0.1) is 5.92 Å². The zero-order valence-electron chi connectivity index (χ0n) is 23.1. The molecule has 202 valence electrons. The Kier molecular flexibility index (Phi) is 7.90. The van der Waals surface area contributed by atoms with E-state index in [1.165, 1.54) is 30.4 Å². The Balaban J connectivity index is 1.39. The van der Waals surface area contributed by atoms with Crippen molar-refractivity contribution in [3.63, 3.8) is 0 Å². The fraction of sp³-hybridized carbons (Fsp3) is 0.581. The molecule has 0 radical (unpaired) electrons. The Morgan fingerprint density at radius 1 is 1.08 bits per heavy atom. The summed E-state index contributed by atoms with van der Waals surface area (Å²) in [5.41, 5.74) is 3.61. The van der Waals surface area contributed by atoms with Gasteiger partial charge >= 0.3 is 0 Å². The van der Waals surface area contributed by atoms with Crippen molar-refractivity contribution in [2.45, 2.75) is 89.8 Å². The van der Waals surface area contributed by atoms with Gasteiger partial charge in [0.1, 0.15) is 11.6 Å². The van der Waals surface area contributed by atoms with Crippen LogP contribution in [-0.4, -0.2) is 63.0 Å². The number of rotatable bonds is 6. The molecule has 1 aromatic heterocycles. The van der Waals surface area contributed by atoms with Crippen LogP contribution in [-0.2, 0) is 9.59 Å². The summed E-state index contributed by atoms with van der Waals surface area (Å²) in [5, 5.41) is 10.8. The molecule has 3 aliphatic rings. The van der Waals surface area contributed by atoms with Crippen LogP contribution in [0.2, 0.25) is 0 Å². The minimum Gasteiger partial charge on any atom is -0.342 e. The SMILES string of the molecule is CC#CCN1C(=O)[C@@H](CC2CCCCC2)NC(=O)C12CCN(C(c1ccccc1)c1c(C)n[nH]c1C)CC2. The minimum atomic E-state index is -0.845. The van der Waals surface area contributed by atoms with E-state index in [1.807, 2.05) is 17.9 Å². The smallest absolute Gasteiger partial charge is 0.246 e. The molecule has 7 heteroatoms. The Morgan fingerprint density at radius 2 is 1.79 bits per heavy atom. The second-order valence-corrected chi connectivity index (χ2v) is 11.3. The van der Waals surface area contributed by atoms with Gasteiger partial charge in [-0.05, 0) is 51.5 Å². The summed E-state index contributed by atoms with van der Waals surface area (Å²) in [6.07, 6.45) is 7.96. The number of piperidine rings is 1. The lowest BCUT2D eigenvalue weighted by atomic mass is 9.78. The highest BCUT2D eigenvalue weighted by Gasteiger charge is 2.54. The number of aromatic amines is 1. The van der Waals surface area contributed by atoms with Crippen LogP contribution in [0.5, 0.6) is 0 Å². The van der Waals surface area contributed by atoms with Crippen molar-refractivity contribution in [3.05, 3.63) is 52.8 Å². The first-order valence-electron chi connectivity index (χ1n) is 14.3. The number of benzene rings is 1. The number of amides is 2. The van der Waals surface area contributed by atoms with Crippen molar-refractivity contribution in [3.8, 4) is 11.8 Å². The van der Waals surface area contributed by atoms with Crippen molar-refractivity contribution in [2.75, 3.05) is 19.6 Å². The summed E-state index contributed by atoms with van der Waals surface area (Å²) in [6.45, 7) is 7.63. The Morgan fingerprint density at radius 3 is 2.42 bits per heavy atom. The number of nitrogens with one attached hydrogen (secondary N) is 2. The van der Waals surface area contributed by atoms with Crippen molar-refractivity contribution in [2.24, 2.45) is 5.92 Å². The van der Waals surface area contributed by atoms with Crippen LogP contribution in [0, 0.1) is 31.6 Å². The van der Waals surface area contributed by atoms with Crippen LogP contribution in [0.1, 0.15) is 86.8 Å². The summed E-state index contributed by atoms with van der Waals surface area (Å²) in [6, 6.07) is 10.1. The monoisotopic (exact) mass is 515 g/mol. The maximum atomic E-state index is 13.9. The summed E-state index contributed by atoms with van der Waals surface area (Å²) >= 11 is 0. The van der Waals surface area contributed by atoms with Crippen molar-refractivity contribution in [1.82, 2.24) is 25.3 Å². The van der Waals surface area contributed by atoms with E-state index in [-0.39, 0.29) is 17.9 Å². The zero-order valence-corrected chi connectivity index (χ0v) is 23.1. The maximum absolute atomic E-state index is 13.9. The first-order valence-corrected chi connectivity index (χ1v) is 14.3. The molecule has 2 N–H and O–H groups in total. The third-order valence-electron chi connectivity index (χ3n) is 9.08. The fourth-order valence-electron chi connectivity index (χ4n) is 6.99. The molecule has 3 heterocycles. The molecule has 1 unspecified atom stereocenters. The number of H-pyrrole nitrogens is 1. The van der Waals surface area contributed by atoms with Crippen LogP contribution in [0.25, 0.3) is 0 Å². The van der Waals surface area contributed by atoms with Crippen LogP contribution in [0.3, 0.4) is 0 Å². The number of hydrogen-bond acceptors (Lipinski definition) is 4. The predicted octanol–water partition coefficient (Wildman–Crippen LogP) is 4.27. The van der Waals surface area contributed by atoms with Crippen molar-refractivity contribution in [1.29, 1.82) is 0 Å². The van der Waals surface area contributed by atoms with Crippen LogP contribution < -0.4 is 5.32 Å². The summed E-state index contributed by atoms with van der Waals surface area (Å²) in [5.74, 6) is 6.63. The molecule has 3 fully saturated rings. The lowest BCUT2D eigenvalue weighted by Crippen LogP contribution is -2.73. The van der Waals surface area contributed by atoms with Crippen LogP contribution >= 0.6 is 0 Å². The number of hydrogen-bond donors (Lipinski definition) is 2.